The zero-order valence-electron chi connectivity index (χ0n) is 13.7. The summed E-state index contributed by atoms with van der Waals surface area (Å²) < 4.78 is 10.5. The molecule has 24 heavy (non-hydrogen) atoms. The van der Waals surface area contributed by atoms with E-state index in [1.807, 2.05) is 61.5 Å². The van der Waals surface area contributed by atoms with Crippen molar-refractivity contribution in [2.75, 3.05) is 19.8 Å². The van der Waals surface area contributed by atoms with Crippen LogP contribution in [-0.4, -0.2) is 31.6 Å². The van der Waals surface area contributed by atoms with Gasteiger partial charge in [0.25, 0.3) is 0 Å². The van der Waals surface area contributed by atoms with Crippen LogP contribution >= 0.6 is 0 Å². The lowest BCUT2D eigenvalue weighted by molar-refractivity contribution is -0.144. The van der Waals surface area contributed by atoms with Gasteiger partial charge in [0.2, 0.25) is 5.91 Å². The van der Waals surface area contributed by atoms with Gasteiger partial charge in [-0.2, -0.15) is 0 Å². The second kappa shape index (κ2) is 9.35. The molecule has 1 amide bonds. The molecule has 0 bridgehead atoms. The molecule has 0 heterocycles. The van der Waals surface area contributed by atoms with Crippen LogP contribution in [0.15, 0.2) is 54.6 Å². The van der Waals surface area contributed by atoms with Crippen molar-refractivity contribution in [3.63, 3.8) is 0 Å². The number of nitrogens with one attached hydrogen (secondary N) is 1. The summed E-state index contributed by atoms with van der Waals surface area (Å²) in [4.78, 5) is 23.3. The van der Waals surface area contributed by atoms with Crippen LogP contribution in [0.25, 0.3) is 0 Å². The average Bonchev–Trinajstić information content (AvgIpc) is 2.59. The van der Waals surface area contributed by atoms with Gasteiger partial charge >= 0.3 is 5.97 Å². The lowest BCUT2D eigenvalue weighted by atomic mass is 10.1. The molecule has 0 aliphatic carbocycles. The highest BCUT2D eigenvalue weighted by Gasteiger charge is 2.07. The minimum absolute atomic E-state index is 0.140. The Balaban J connectivity index is 1.58. The van der Waals surface area contributed by atoms with Crippen LogP contribution in [0.2, 0.25) is 0 Å². The minimum atomic E-state index is -0.482. The van der Waals surface area contributed by atoms with Crippen molar-refractivity contribution in [3.05, 3.63) is 65.7 Å². The molecule has 0 radical (unpaired) electrons. The molecule has 5 heteroatoms. The highest BCUT2D eigenvalue weighted by molar-refractivity contribution is 5.83. The highest BCUT2D eigenvalue weighted by Crippen LogP contribution is 2.10. The average molecular weight is 327 g/mol. The smallest absolute Gasteiger partial charge is 0.325 e. The number of carbonyl (C=O) groups excluding carboxylic acids is 2. The van der Waals surface area contributed by atoms with Crippen molar-refractivity contribution >= 4 is 11.9 Å². The quantitative estimate of drug-likeness (QED) is 0.597. The molecule has 2 aromatic rings. The standard InChI is InChI=1S/C19H21NO4/c1-15-7-9-17(10-8-15)23-11-12-24-19(22)14-20-18(21)13-16-5-3-2-4-6-16/h2-10H,11-14H2,1H3,(H,20,21). The molecule has 0 fully saturated rings. The molecule has 0 saturated heterocycles. The van der Waals surface area contributed by atoms with E-state index < -0.39 is 5.97 Å². The van der Waals surface area contributed by atoms with Crippen LogP contribution < -0.4 is 10.1 Å². The van der Waals surface area contributed by atoms with E-state index in [1.165, 1.54) is 0 Å². The molecule has 0 aliphatic heterocycles. The first-order valence-electron chi connectivity index (χ1n) is 7.79. The van der Waals surface area contributed by atoms with Crippen LogP contribution in [0, 0.1) is 6.92 Å². The van der Waals surface area contributed by atoms with Gasteiger partial charge in [-0.3, -0.25) is 9.59 Å². The lowest BCUT2D eigenvalue weighted by Crippen LogP contribution is -2.32. The number of aryl methyl sites for hydroxylation is 1. The molecule has 0 aliphatic rings. The Kier molecular flexibility index (Phi) is 6.83. The van der Waals surface area contributed by atoms with Gasteiger partial charge in [0.1, 0.15) is 25.5 Å². The summed E-state index contributed by atoms with van der Waals surface area (Å²) in [6, 6.07) is 17.0. The van der Waals surface area contributed by atoms with Crippen molar-refractivity contribution < 1.29 is 19.1 Å². The zero-order valence-corrected chi connectivity index (χ0v) is 13.7. The Morgan fingerprint density at radius 1 is 0.958 bits per heavy atom. The van der Waals surface area contributed by atoms with Crippen LogP contribution in [-0.2, 0) is 20.7 Å². The van der Waals surface area contributed by atoms with Crippen molar-refractivity contribution in [1.29, 1.82) is 0 Å². The number of hydrogen-bond donors (Lipinski definition) is 1. The second-order valence-electron chi connectivity index (χ2n) is 5.32. The number of hydrogen-bond acceptors (Lipinski definition) is 4. The Morgan fingerprint density at radius 3 is 2.38 bits per heavy atom. The topological polar surface area (TPSA) is 64.6 Å². The maximum absolute atomic E-state index is 11.7. The van der Waals surface area contributed by atoms with E-state index in [9.17, 15) is 9.59 Å². The van der Waals surface area contributed by atoms with E-state index in [4.69, 9.17) is 9.47 Å². The van der Waals surface area contributed by atoms with Crippen molar-refractivity contribution in [1.82, 2.24) is 5.32 Å². The summed E-state index contributed by atoms with van der Waals surface area (Å²) in [5.74, 6) is 0.0331. The number of rotatable bonds is 8. The fourth-order valence-electron chi connectivity index (χ4n) is 2.02. The van der Waals surface area contributed by atoms with Gasteiger partial charge in [0.05, 0.1) is 6.42 Å². The molecule has 126 valence electrons. The molecule has 0 aromatic heterocycles. The zero-order chi connectivity index (χ0) is 17.2. The Hall–Kier alpha value is -2.82. The normalized spacial score (nSPS) is 10.0. The van der Waals surface area contributed by atoms with E-state index in [0.717, 1.165) is 16.9 Å². The Labute approximate surface area is 141 Å². The molecule has 0 unspecified atom stereocenters. The maximum atomic E-state index is 11.7. The number of amides is 1. The summed E-state index contributed by atoms with van der Waals surface area (Å²) in [6.45, 7) is 2.27. The summed E-state index contributed by atoms with van der Waals surface area (Å²) in [5.41, 5.74) is 2.05. The third-order valence-corrected chi connectivity index (χ3v) is 3.27. The van der Waals surface area contributed by atoms with Crippen LogP contribution in [0.4, 0.5) is 0 Å². The predicted octanol–water partition coefficient (Wildman–Crippen LogP) is 2.28. The summed E-state index contributed by atoms with van der Waals surface area (Å²) in [7, 11) is 0. The van der Waals surface area contributed by atoms with Crippen LogP contribution in [0.3, 0.4) is 0 Å². The number of carbonyl (C=O) groups is 2. The molecule has 0 atom stereocenters. The van der Waals surface area contributed by atoms with E-state index in [1.54, 1.807) is 0 Å². The predicted molar refractivity (Wildman–Crippen MR) is 90.8 cm³/mol. The highest BCUT2D eigenvalue weighted by atomic mass is 16.6. The monoisotopic (exact) mass is 327 g/mol. The first-order valence-corrected chi connectivity index (χ1v) is 7.79. The van der Waals surface area contributed by atoms with Crippen molar-refractivity contribution in [3.8, 4) is 5.75 Å². The Bertz CT molecular complexity index is 653. The van der Waals surface area contributed by atoms with Gasteiger partial charge in [-0.05, 0) is 24.6 Å². The third kappa shape index (κ3) is 6.52. The van der Waals surface area contributed by atoms with Crippen LogP contribution in [0.5, 0.6) is 5.75 Å². The third-order valence-electron chi connectivity index (χ3n) is 3.27. The molecule has 5 nitrogen and oxygen atoms in total. The fourth-order valence-corrected chi connectivity index (χ4v) is 2.02. The number of benzene rings is 2. The summed E-state index contributed by atoms with van der Waals surface area (Å²) >= 11 is 0. The van der Waals surface area contributed by atoms with Crippen molar-refractivity contribution in [2.24, 2.45) is 0 Å². The van der Waals surface area contributed by atoms with Gasteiger partial charge in [-0.15, -0.1) is 0 Å². The number of esters is 1. The first kappa shape index (κ1) is 17.5. The molecular formula is C19H21NO4. The van der Waals surface area contributed by atoms with Gasteiger partial charge < -0.3 is 14.8 Å². The first-order chi connectivity index (χ1) is 11.6. The van der Waals surface area contributed by atoms with E-state index in [0.29, 0.717) is 0 Å². The Morgan fingerprint density at radius 2 is 1.67 bits per heavy atom. The van der Waals surface area contributed by atoms with Gasteiger partial charge in [0.15, 0.2) is 0 Å². The SMILES string of the molecule is Cc1ccc(OCCOC(=O)CNC(=O)Cc2ccccc2)cc1. The van der Waals surface area contributed by atoms with E-state index >= 15 is 0 Å². The maximum Gasteiger partial charge on any atom is 0.325 e. The molecular weight excluding hydrogens is 306 g/mol. The van der Waals surface area contributed by atoms with E-state index in [-0.39, 0.29) is 32.1 Å². The molecule has 0 spiro atoms. The van der Waals surface area contributed by atoms with Crippen molar-refractivity contribution in [2.45, 2.75) is 13.3 Å². The van der Waals surface area contributed by atoms with Gasteiger partial charge in [-0.1, -0.05) is 48.0 Å². The van der Waals surface area contributed by atoms with E-state index in [2.05, 4.69) is 5.32 Å². The number of ether oxygens (including phenoxy) is 2. The van der Waals surface area contributed by atoms with Gasteiger partial charge in [-0.25, -0.2) is 0 Å². The second-order valence-corrected chi connectivity index (χ2v) is 5.32. The summed E-state index contributed by atoms with van der Waals surface area (Å²) in [6.07, 6.45) is 0.241. The minimum Gasteiger partial charge on any atom is -0.490 e. The van der Waals surface area contributed by atoms with Gasteiger partial charge in [0, 0.05) is 0 Å². The largest absolute Gasteiger partial charge is 0.490 e. The molecule has 1 N–H and O–H groups in total. The lowest BCUT2D eigenvalue weighted by Gasteiger charge is -2.08. The summed E-state index contributed by atoms with van der Waals surface area (Å²) in [5, 5.41) is 2.54. The molecule has 0 saturated carbocycles. The fraction of sp³-hybridized carbons (Fsp3) is 0.263. The molecule has 2 rings (SSSR count). The molecule has 2 aromatic carbocycles. The van der Waals surface area contributed by atoms with Crippen LogP contribution in [0.1, 0.15) is 11.1 Å².